The van der Waals surface area contributed by atoms with Crippen LogP contribution in [0, 0.1) is 0 Å². The molecule has 0 saturated carbocycles. The molecule has 64 heavy (non-hydrogen) atoms. The average molecular weight is 897 g/mol. The third-order valence-electron chi connectivity index (χ3n) is 11.4. The number of carboxylic acid groups (broad SMARTS) is 1. The number of carboxylic acids is 1. The molecule has 1 N–H and O–H groups in total. The highest BCUT2D eigenvalue weighted by Gasteiger charge is 2.31. The molecule has 0 aromatic carbocycles. The molecule has 0 saturated heterocycles. The summed E-state index contributed by atoms with van der Waals surface area (Å²) in [5.41, 5.74) is 0. The second kappa shape index (κ2) is 46.3. The largest absolute Gasteiger partial charge is 0.477 e. The average Bonchev–Trinajstić information content (AvgIpc) is 3.26. The molecule has 0 bridgehead atoms. The van der Waals surface area contributed by atoms with Crippen LogP contribution in [0.1, 0.15) is 213 Å². The minimum Gasteiger partial charge on any atom is -0.477 e. The second-order valence-electron chi connectivity index (χ2n) is 18.4. The van der Waals surface area contributed by atoms with Crippen LogP contribution in [-0.2, 0) is 28.6 Å². The van der Waals surface area contributed by atoms with E-state index in [-0.39, 0.29) is 42.7 Å². The van der Waals surface area contributed by atoms with E-state index in [1.165, 1.54) is 109 Å². The van der Waals surface area contributed by atoms with Gasteiger partial charge in [-0.25, -0.2) is 4.79 Å². The SMILES string of the molecule is CC/C=C/C/C=C/C/C=C/C/C=C/C/C=C/C/C=C/CCCC(=O)OC(COCCC(C(=O)O)[N+](C)(C)C)COC(=O)CCCCCCCCCCCCCCCCCCCCCC. The standard InChI is InChI=1S/C56H97NO7/c1-6-8-10-12-14-16-18-20-22-24-26-28-30-32-34-36-38-40-42-44-46-54(58)63-51-52(50-62-49-48-53(56(60)61)57(3,4)5)64-55(59)47-45-43-41-39-37-35-33-31-29-27-25-23-21-19-17-15-13-11-9-7-2/h9,11,15,17,21,23,27,29,33,35,39,41,52-53H,6-8,10,12-14,16,18-20,22,24-26,28,30-32,34,36-38,40,42-51H2,1-5H3/p+1/b11-9+,17-15+,23-21+,29-27+,35-33+,41-39+. The van der Waals surface area contributed by atoms with Crippen LogP contribution in [0.2, 0.25) is 0 Å². The number of rotatable bonds is 46. The number of aliphatic carboxylic acids is 1. The summed E-state index contributed by atoms with van der Waals surface area (Å²) in [6.45, 7) is 4.58. The summed E-state index contributed by atoms with van der Waals surface area (Å²) < 4.78 is 17.3. The predicted octanol–water partition coefficient (Wildman–Crippen LogP) is 15.1. The van der Waals surface area contributed by atoms with Crippen LogP contribution in [-0.4, -0.2) is 80.6 Å². The maximum absolute atomic E-state index is 12.8. The third-order valence-corrected chi connectivity index (χ3v) is 11.4. The first-order valence-corrected chi connectivity index (χ1v) is 26.0. The van der Waals surface area contributed by atoms with Crippen molar-refractivity contribution < 1.29 is 38.2 Å². The van der Waals surface area contributed by atoms with Crippen LogP contribution < -0.4 is 0 Å². The molecule has 0 aromatic heterocycles. The molecule has 0 radical (unpaired) electrons. The summed E-state index contributed by atoms with van der Waals surface area (Å²) in [6.07, 6.45) is 59.6. The summed E-state index contributed by atoms with van der Waals surface area (Å²) in [4.78, 5) is 37.1. The molecular weight excluding hydrogens is 799 g/mol. The minimum absolute atomic E-state index is 0.0367. The van der Waals surface area contributed by atoms with Crippen LogP contribution in [0.25, 0.3) is 0 Å². The Labute approximate surface area is 393 Å². The zero-order chi connectivity index (χ0) is 47.0. The van der Waals surface area contributed by atoms with Crippen LogP contribution in [0.15, 0.2) is 72.9 Å². The smallest absolute Gasteiger partial charge is 0.362 e. The van der Waals surface area contributed by atoms with E-state index in [9.17, 15) is 19.5 Å². The normalized spacial score (nSPS) is 13.5. The Morgan fingerprint density at radius 1 is 0.484 bits per heavy atom. The monoisotopic (exact) mass is 897 g/mol. The first-order chi connectivity index (χ1) is 31.1. The summed E-state index contributed by atoms with van der Waals surface area (Å²) in [5.74, 6) is -1.54. The van der Waals surface area contributed by atoms with Gasteiger partial charge in [0.2, 0.25) is 0 Å². The predicted molar refractivity (Wildman–Crippen MR) is 270 cm³/mol. The number of nitrogens with zero attached hydrogens (tertiary/aromatic N) is 1. The Morgan fingerprint density at radius 3 is 1.28 bits per heavy atom. The van der Waals surface area contributed by atoms with Crippen molar-refractivity contribution >= 4 is 17.9 Å². The highest BCUT2D eigenvalue weighted by atomic mass is 16.6. The van der Waals surface area contributed by atoms with Gasteiger partial charge in [0.05, 0.1) is 34.4 Å². The van der Waals surface area contributed by atoms with E-state index in [0.717, 1.165) is 64.2 Å². The lowest BCUT2D eigenvalue weighted by Crippen LogP contribution is -2.50. The summed E-state index contributed by atoms with van der Waals surface area (Å²) >= 11 is 0. The molecule has 0 spiro atoms. The summed E-state index contributed by atoms with van der Waals surface area (Å²) in [6, 6.07) is -0.628. The molecule has 8 nitrogen and oxygen atoms in total. The second-order valence-corrected chi connectivity index (χ2v) is 18.4. The summed E-state index contributed by atoms with van der Waals surface area (Å²) in [7, 11) is 5.51. The minimum atomic E-state index is -0.884. The van der Waals surface area contributed by atoms with Gasteiger partial charge in [-0.3, -0.25) is 9.59 Å². The van der Waals surface area contributed by atoms with Crippen LogP contribution in [0.5, 0.6) is 0 Å². The maximum atomic E-state index is 12.8. The zero-order valence-electron chi connectivity index (χ0n) is 42.0. The molecule has 2 unspecified atom stereocenters. The van der Waals surface area contributed by atoms with Crippen molar-refractivity contribution in [2.45, 2.75) is 225 Å². The van der Waals surface area contributed by atoms with Crippen molar-refractivity contribution in [3.05, 3.63) is 72.9 Å². The van der Waals surface area contributed by atoms with Crippen molar-refractivity contribution in [2.24, 2.45) is 0 Å². The number of hydrogen-bond donors (Lipinski definition) is 1. The first kappa shape index (κ1) is 60.8. The number of quaternary nitrogens is 1. The molecule has 8 heteroatoms. The van der Waals surface area contributed by atoms with E-state index in [4.69, 9.17) is 14.2 Å². The van der Waals surface area contributed by atoms with Gasteiger partial charge in [-0.05, 0) is 57.8 Å². The van der Waals surface area contributed by atoms with E-state index >= 15 is 0 Å². The lowest BCUT2D eigenvalue weighted by Gasteiger charge is -2.31. The zero-order valence-corrected chi connectivity index (χ0v) is 42.0. The van der Waals surface area contributed by atoms with Gasteiger partial charge in [0.15, 0.2) is 12.1 Å². The molecule has 2 atom stereocenters. The Kier molecular flexibility index (Phi) is 44.0. The molecule has 0 amide bonds. The Morgan fingerprint density at radius 2 is 0.875 bits per heavy atom. The number of esters is 2. The van der Waals surface area contributed by atoms with Gasteiger partial charge in [0, 0.05) is 19.3 Å². The number of carbonyl (C=O) groups is 3. The fourth-order valence-electron chi connectivity index (χ4n) is 7.40. The topological polar surface area (TPSA) is 99.1 Å². The van der Waals surface area contributed by atoms with E-state index in [1.54, 1.807) is 0 Å². The van der Waals surface area contributed by atoms with E-state index in [1.807, 2.05) is 21.1 Å². The number of ether oxygens (including phenoxy) is 3. The van der Waals surface area contributed by atoms with Gasteiger partial charge in [-0.2, -0.15) is 0 Å². The van der Waals surface area contributed by atoms with Gasteiger partial charge in [0.1, 0.15) is 6.61 Å². The molecule has 0 aliphatic carbocycles. The van der Waals surface area contributed by atoms with Gasteiger partial charge < -0.3 is 23.8 Å². The van der Waals surface area contributed by atoms with Gasteiger partial charge in [-0.1, -0.05) is 209 Å². The van der Waals surface area contributed by atoms with Gasteiger partial charge >= 0.3 is 17.9 Å². The lowest BCUT2D eigenvalue weighted by atomic mass is 10.0. The highest BCUT2D eigenvalue weighted by Crippen LogP contribution is 2.16. The number of carbonyl (C=O) groups excluding carboxylic acids is 2. The fourth-order valence-corrected chi connectivity index (χ4v) is 7.40. The number of unbranched alkanes of at least 4 members (excludes halogenated alkanes) is 20. The molecule has 0 aromatic rings. The van der Waals surface area contributed by atoms with Crippen LogP contribution >= 0.6 is 0 Å². The molecule has 0 rings (SSSR count). The Hall–Kier alpha value is -3.23. The third kappa shape index (κ3) is 44.0. The number of likely N-dealkylation sites (N-methyl/N-ethyl adjacent to an activating group) is 1. The Balaban J connectivity index is 4.33. The number of allylic oxidation sites excluding steroid dienone is 12. The van der Waals surface area contributed by atoms with Crippen LogP contribution in [0.3, 0.4) is 0 Å². The fraction of sp³-hybridized carbons (Fsp3) is 0.732. The maximum Gasteiger partial charge on any atom is 0.362 e. The van der Waals surface area contributed by atoms with Gasteiger partial charge in [0.25, 0.3) is 0 Å². The molecule has 0 heterocycles. The molecule has 0 aliphatic rings. The molecule has 0 aliphatic heterocycles. The van der Waals surface area contributed by atoms with Gasteiger partial charge in [-0.15, -0.1) is 0 Å². The van der Waals surface area contributed by atoms with E-state index in [2.05, 4.69) is 86.8 Å². The van der Waals surface area contributed by atoms with Crippen molar-refractivity contribution in [1.82, 2.24) is 0 Å². The molecule has 368 valence electrons. The van der Waals surface area contributed by atoms with Crippen molar-refractivity contribution in [3.8, 4) is 0 Å². The first-order valence-electron chi connectivity index (χ1n) is 26.0. The van der Waals surface area contributed by atoms with E-state index < -0.39 is 18.1 Å². The van der Waals surface area contributed by atoms with E-state index in [0.29, 0.717) is 19.3 Å². The lowest BCUT2D eigenvalue weighted by molar-refractivity contribution is -0.887. The highest BCUT2D eigenvalue weighted by molar-refractivity contribution is 5.72. The van der Waals surface area contributed by atoms with Crippen molar-refractivity contribution in [3.63, 3.8) is 0 Å². The van der Waals surface area contributed by atoms with Crippen LogP contribution in [0.4, 0.5) is 0 Å². The number of hydrogen-bond acceptors (Lipinski definition) is 6. The summed E-state index contributed by atoms with van der Waals surface area (Å²) in [5, 5.41) is 9.65. The molecular formula is C56H98NO7+. The quantitative estimate of drug-likeness (QED) is 0.0281. The Bertz CT molecular complexity index is 1270. The van der Waals surface area contributed by atoms with Crippen molar-refractivity contribution in [1.29, 1.82) is 0 Å². The molecule has 0 fully saturated rings. The van der Waals surface area contributed by atoms with Crippen molar-refractivity contribution in [2.75, 3.05) is 41.0 Å².